The van der Waals surface area contributed by atoms with Crippen molar-refractivity contribution in [3.63, 3.8) is 0 Å². The summed E-state index contributed by atoms with van der Waals surface area (Å²) in [5, 5.41) is 49.6. The van der Waals surface area contributed by atoms with Gasteiger partial charge in [0.25, 0.3) is 0 Å². The van der Waals surface area contributed by atoms with Crippen LogP contribution in [-0.2, 0) is 0 Å². The maximum Gasteiger partial charge on any atom is 0.344 e. The number of fused-ring (bicyclic) bond motifs is 2. The van der Waals surface area contributed by atoms with Crippen LogP contribution in [0.3, 0.4) is 0 Å². The summed E-state index contributed by atoms with van der Waals surface area (Å²) in [6.07, 6.45) is 1.19. The van der Waals surface area contributed by atoms with Gasteiger partial charge in [0, 0.05) is 21.9 Å². The third-order valence-corrected chi connectivity index (χ3v) is 8.46. The summed E-state index contributed by atoms with van der Waals surface area (Å²) in [5.41, 5.74) is 0.217. The minimum atomic E-state index is -1.32. The Labute approximate surface area is 304 Å². The molecule has 0 atom stereocenters. The summed E-state index contributed by atoms with van der Waals surface area (Å²) in [7, 11) is 0. The average molecular weight is 751 g/mol. The molecule has 0 fully saturated rings. The lowest BCUT2D eigenvalue weighted by Gasteiger charge is -2.10. The van der Waals surface area contributed by atoms with Gasteiger partial charge in [0.1, 0.15) is 0 Å². The zero-order valence-corrected chi connectivity index (χ0v) is 28.5. The lowest BCUT2D eigenvalue weighted by atomic mass is 9.97. The van der Waals surface area contributed by atoms with Gasteiger partial charge in [0.15, 0.2) is 46.5 Å². The first-order valence-corrected chi connectivity index (χ1v) is 15.9. The molecule has 55 heavy (non-hydrogen) atoms. The van der Waals surface area contributed by atoms with Gasteiger partial charge in [-0.3, -0.25) is 0 Å². The summed E-state index contributed by atoms with van der Waals surface area (Å²) in [6.45, 7) is 4.74. The largest absolute Gasteiger partial charge is 0.503 e. The average Bonchev–Trinajstić information content (AvgIpc) is 3.18. The highest BCUT2D eigenvalue weighted by Crippen LogP contribution is 2.35. The van der Waals surface area contributed by atoms with Crippen LogP contribution in [0, 0.1) is 44.0 Å². The van der Waals surface area contributed by atoms with Gasteiger partial charge in [0.05, 0.1) is 11.1 Å². The number of nitrogens with zero attached hydrogens (tertiary/aromatic N) is 8. The van der Waals surface area contributed by atoms with Gasteiger partial charge in [-0.05, 0) is 67.3 Å². The standard InChI is InChI=1S/C19H12F2N4O3.C18H10F2N4O3/c1-8-12-7-13(20)16(26)15(21)17(12)28-19(27)14(8)10-4-3-5-11(6-10)18-24-22-9(2)23-25-18;1-8-11-6-12(19)15(25)14(20)16(11)27-18(26)13(8)9-3-2-4-10(5-9)17-23-21-7-22-24-17/h3-7,26H,1-2H3;2-7,25H,1H3. The zero-order valence-electron chi connectivity index (χ0n) is 28.5. The Bertz CT molecular complexity index is 2930. The van der Waals surface area contributed by atoms with Crippen LogP contribution in [0.25, 0.3) is 67.0 Å². The number of halogens is 4. The second-order valence-electron chi connectivity index (χ2n) is 11.9. The normalized spacial score (nSPS) is 11.1. The molecule has 4 aromatic carbocycles. The van der Waals surface area contributed by atoms with Crippen molar-refractivity contribution >= 4 is 21.9 Å². The van der Waals surface area contributed by atoms with Crippen molar-refractivity contribution in [2.75, 3.05) is 0 Å². The number of hydrogen-bond acceptors (Lipinski definition) is 14. The summed E-state index contributed by atoms with van der Waals surface area (Å²) in [4.78, 5) is 25.0. The van der Waals surface area contributed by atoms with Gasteiger partial charge in [-0.2, -0.15) is 8.78 Å². The lowest BCUT2D eigenvalue weighted by Crippen LogP contribution is -2.07. The van der Waals surface area contributed by atoms with Gasteiger partial charge in [0.2, 0.25) is 23.3 Å². The van der Waals surface area contributed by atoms with Crippen LogP contribution >= 0.6 is 0 Å². The zero-order chi connectivity index (χ0) is 39.1. The van der Waals surface area contributed by atoms with E-state index in [1.165, 1.54) is 6.33 Å². The van der Waals surface area contributed by atoms with Crippen molar-refractivity contribution in [1.29, 1.82) is 0 Å². The van der Waals surface area contributed by atoms with Crippen molar-refractivity contribution in [2.45, 2.75) is 20.8 Å². The summed E-state index contributed by atoms with van der Waals surface area (Å²) in [6, 6.07) is 15.2. The highest BCUT2D eigenvalue weighted by molar-refractivity contribution is 5.89. The molecule has 14 nitrogen and oxygen atoms in total. The molecule has 0 aliphatic carbocycles. The van der Waals surface area contributed by atoms with Crippen molar-refractivity contribution in [2.24, 2.45) is 0 Å². The molecule has 0 spiro atoms. The molecule has 0 amide bonds. The van der Waals surface area contributed by atoms with Crippen molar-refractivity contribution in [3.8, 4) is 56.5 Å². The number of rotatable bonds is 4. The number of aromatic hydroxyl groups is 2. The van der Waals surface area contributed by atoms with Crippen molar-refractivity contribution < 1.29 is 36.6 Å². The van der Waals surface area contributed by atoms with Gasteiger partial charge in [-0.15, -0.1) is 40.8 Å². The number of phenolic OH excluding ortho intramolecular Hbond substituents is 2. The molecule has 0 saturated carbocycles. The Morgan fingerprint density at radius 3 is 1.38 bits per heavy atom. The summed E-state index contributed by atoms with van der Waals surface area (Å²) >= 11 is 0. The van der Waals surface area contributed by atoms with Crippen LogP contribution in [0.5, 0.6) is 11.5 Å². The topological polar surface area (TPSA) is 204 Å². The molecule has 0 bridgehead atoms. The van der Waals surface area contributed by atoms with E-state index >= 15 is 0 Å². The molecule has 8 aromatic rings. The van der Waals surface area contributed by atoms with E-state index in [2.05, 4.69) is 40.8 Å². The lowest BCUT2D eigenvalue weighted by molar-refractivity contribution is 0.392. The maximum atomic E-state index is 14.1. The molecule has 0 unspecified atom stereocenters. The highest BCUT2D eigenvalue weighted by Gasteiger charge is 2.23. The van der Waals surface area contributed by atoms with Gasteiger partial charge in [-0.25, -0.2) is 18.4 Å². The predicted octanol–water partition coefficient (Wildman–Crippen LogP) is 6.31. The molecule has 18 heteroatoms. The summed E-state index contributed by atoms with van der Waals surface area (Å²) < 4.78 is 65.8. The third-order valence-electron chi connectivity index (χ3n) is 8.46. The summed E-state index contributed by atoms with van der Waals surface area (Å²) in [5.74, 6) is -6.39. The molecule has 0 radical (unpaired) electrons. The van der Waals surface area contributed by atoms with E-state index < -0.39 is 57.2 Å². The van der Waals surface area contributed by atoms with Crippen LogP contribution in [-0.4, -0.2) is 51.0 Å². The molecule has 0 aliphatic heterocycles. The minimum Gasteiger partial charge on any atom is -0.503 e. The fourth-order valence-electron chi connectivity index (χ4n) is 5.81. The SMILES string of the molecule is Cc1c(-c2cccc(-c3nncnn3)c2)c(=O)oc2c(F)c(O)c(F)cc12.Cc1nnc(-c2cccc(-c3c(C)c4cc(F)c(O)c(F)c4oc3=O)c2)nn1. The van der Waals surface area contributed by atoms with Crippen molar-refractivity contribution in [1.82, 2.24) is 40.8 Å². The number of aromatic nitrogens is 8. The smallest absolute Gasteiger partial charge is 0.344 e. The Hall–Kier alpha value is -7.50. The van der Waals surface area contributed by atoms with E-state index in [-0.39, 0.29) is 33.5 Å². The van der Waals surface area contributed by atoms with Crippen LogP contribution < -0.4 is 11.3 Å². The van der Waals surface area contributed by atoms with E-state index in [0.717, 1.165) is 12.1 Å². The predicted molar refractivity (Wildman–Crippen MR) is 186 cm³/mol. The molecule has 0 saturated heterocycles. The fraction of sp³-hybridized carbons (Fsp3) is 0.0811. The van der Waals surface area contributed by atoms with Crippen LogP contribution in [0.1, 0.15) is 17.0 Å². The molecule has 0 aliphatic rings. The van der Waals surface area contributed by atoms with Crippen LogP contribution in [0.4, 0.5) is 17.6 Å². The van der Waals surface area contributed by atoms with E-state index in [4.69, 9.17) is 8.83 Å². The van der Waals surface area contributed by atoms with Gasteiger partial charge < -0.3 is 19.0 Å². The van der Waals surface area contributed by atoms with Gasteiger partial charge in [-0.1, -0.05) is 36.4 Å². The van der Waals surface area contributed by atoms with Crippen molar-refractivity contribution in [3.05, 3.63) is 128 Å². The van der Waals surface area contributed by atoms with E-state index in [9.17, 15) is 37.4 Å². The Morgan fingerprint density at radius 2 is 0.945 bits per heavy atom. The number of hydrogen-bond donors (Lipinski definition) is 2. The van der Waals surface area contributed by atoms with Gasteiger partial charge >= 0.3 is 11.3 Å². The maximum absolute atomic E-state index is 14.1. The Morgan fingerprint density at radius 1 is 0.545 bits per heavy atom. The van der Waals surface area contributed by atoms with Crippen LogP contribution in [0.2, 0.25) is 0 Å². The second-order valence-corrected chi connectivity index (χ2v) is 11.9. The number of benzene rings is 4. The molecule has 274 valence electrons. The first-order valence-electron chi connectivity index (χ1n) is 15.9. The quantitative estimate of drug-likeness (QED) is 0.150. The van der Waals surface area contributed by atoms with E-state index in [1.807, 2.05) is 0 Å². The monoisotopic (exact) mass is 750 g/mol. The number of aryl methyl sites for hydroxylation is 3. The second kappa shape index (κ2) is 14.1. The third kappa shape index (κ3) is 6.56. The first-order chi connectivity index (χ1) is 26.3. The molecule has 2 N–H and O–H groups in total. The molecule has 8 rings (SSSR count). The van der Waals surface area contributed by atoms with Crippen LogP contribution in [0.15, 0.2) is 85.4 Å². The Balaban J connectivity index is 0.000000169. The molecular formula is C37H22F4N8O6. The highest BCUT2D eigenvalue weighted by atomic mass is 19.1. The molecule has 4 heterocycles. The minimum absolute atomic E-state index is 0.0436. The Kier molecular flexibility index (Phi) is 9.23. The fourth-order valence-corrected chi connectivity index (χ4v) is 5.81. The van der Waals surface area contributed by atoms with E-state index in [1.54, 1.807) is 69.3 Å². The number of phenols is 2. The first kappa shape index (κ1) is 35.9. The molecular weight excluding hydrogens is 728 g/mol. The molecule has 4 aromatic heterocycles. The van der Waals surface area contributed by atoms with E-state index in [0.29, 0.717) is 39.2 Å².